The maximum Gasteiger partial charge on any atom is 0.277 e. The van der Waals surface area contributed by atoms with E-state index in [0.717, 1.165) is 0 Å². The van der Waals surface area contributed by atoms with Crippen molar-refractivity contribution < 1.29 is 27.4 Å². The lowest BCUT2D eigenvalue weighted by Crippen LogP contribution is -2.44. The number of ether oxygens (including phenoxy) is 4. The molecular weight excluding hydrogens is 300 g/mol. The van der Waals surface area contributed by atoms with Crippen LogP contribution in [0.4, 0.5) is 0 Å². The van der Waals surface area contributed by atoms with E-state index in [-0.39, 0.29) is 25.3 Å². The molecule has 9 heteroatoms. The number of hydrogen-bond donors (Lipinski definition) is 2. The molecule has 0 spiro atoms. The lowest BCUT2D eigenvalue weighted by Gasteiger charge is -2.18. The zero-order valence-corrected chi connectivity index (χ0v) is 13.7. The lowest BCUT2D eigenvalue weighted by molar-refractivity contribution is -0.137. The van der Waals surface area contributed by atoms with Gasteiger partial charge in [-0.1, -0.05) is 0 Å². The fourth-order valence-corrected chi connectivity index (χ4v) is 3.10. The van der Waals surface area contributed by atoms with Crippen LogP contribution in [0, 0.1) is 0 Å². The molecule has 0 aromatic heterocycles. The molecule has 2 atom stereocenters. The smallest absolute Gasteiger partial charge is 0.277 e. The van der Waals surface area contributed by atoms with Crippen molar-refractivity contribution in [1.82, 2.24) is 9.44 Å². The van der Waals surface area contributed by atoms with Crippen molar-refractivity contribution in [3.05, 3.63) is 0 Å². The Kier molecular flexibility index (Phi) is 4.94. The van der Waals surface area contributed by atoms with Gasteiger partial charge in [-0.3, -0.25) is 0 Å². The third-order valence-corrected chi connectivity index (χ3v) is 4.23. The summed E-state index contributed by atoms with van der Waals surface area (Å²) in [5.74, 6) is -1.33. The van der Waals surface area contributed by atoms with Crippen molar-refractivity contribution >= 4 is 10.2 Å². The van der Waals surface area contributed by atoms with Crippen molar-refractivity contribution in [2.45, 2.75) is 51.5 Å². The quantitative estimate of drug-likeness (QED) is 0.697. The standard InChI is InChI=1S/C12H24N2O6S/c1-11(2)17-7-9(19-11)5-13-21(15,16)14-6-10-8-18-12(3,4)20-10/h9-10,13-14H,5-8H2,1-4H3. The zero-order chi connectivity index (χ0) is 15.7. The van der Waals surface area contributed by atoms with Crippen LogP contribution in [0.25, 0.3) is 0 Å². The third-order valence-electron chi connectivity index (χ3n) is 3.14. The molecule has 2 fully saturated rings. The van der Waals surface area contributed by atoms with Crippen molar-refractivity contribution in [2.24, 2.45) is 0 Å². The van der Waals surface area contributed by atoms with E-state index in [4.69, 9.17) is 18.9 Å². The Balaban J connectivity index is 1.70. The van der Waals surface area contributed by atoms with Gasteiger partial charge in [0.15, 0.2) is 11.6 Å². The van der Waals surface area contributed by atoms with Crippen molar-refractivity contribution in [3.8, 4) is 0 Å². The van der Waals surface area contributed by atoms with E-state index in [1.165, 1.54) is 0 Å². The Morgan fingerprint density at radius 1 is 0.905 bits per heavy atom. The van der Waals surface area contributed by atoms with Gasteiger partial charge in [0.05, 0.1) is 25.4 Å². The molecule has 2 heterocycles. The molecule has 0 radical (unpaired) electrons. The SMILES string of the molecule is CC1(C)OCC(CNS(=O)(=O)NCC2COC(C)(C)O2)O1. The van der Waals surface area contributed by atoms with E-state index in [0.29, 0.717) is 13.2 Å². The average molecular weight is 324 g/mol. The molecular formula is C12H24N2O6S. The highest BCUT2D eigenvalue weighted by Gasteiger charge is 2.34. The molecule has 21 heavy (non-hydrogen) atoms. The minimum Gasteiger partial charge on any atom is -0.348 e. The Morgan fingerprint density at radius 2 is 1.29 bits per heavy atom. The fraction of sp³-hybridized carbons (Fsp3) is 1.00. The summed E-state index contributed by atoms with van der Waals surface area (Å²) in [6, 6.07) is 0. The van der Waals surface area contributed by atoms with Gasteiger partial charge in [0.1, 0.15) is 0 Å². The molecule has 0 aromatic carbocycles. The summed E-state index contributed by atoms with van der Waals surface area (Å²) in [4.78, 5) is 0. The molecule has 0 aromatic rings. The first kappa shape index (κ1) is 17.1. The Morgan fingerprint density at radius 3 is 1.57 bits per heavy atom. The van der Waals surface area contributed by atoms with Gasteiger partial charge in [0, 0.05) is 13.1 Å². The summed E-state index contributed by atoms with van der Waals surface area (Å²) < 4.78 is 50.4. The normalized spacial score (nSPS) is 31.6. The van der Waals surface area contributed by atoms with Gasteiger partial charge in [-0.2, -0.15) is 17.9 Å². The second-order valence-electron chi connectivity index (χ2n) is 6.10. The van der Waals surface area contributed by atoms with Crippen LogP contribution in [0.3, 0.4) is 0 Å². The van der Waals surface area contributed by atoms with Crippen LogP contribution < -0.4 is 9.44 Å². The van der Waals surface area contributed by atoms with E-state index in [9.17, 15) is 8.42 Å². The average Bonchev–Trinajstić information content (AvgIpc) is 2.87. The summed E-state index contributed by atoms with van der Waals surface area (Å²) in [6.07, 6.45) is -0.580. The van der Waals surface area contributed by atoms with Crippen LogP contribution in [0.2, 0.25) is 0 Å². The predicted octanol–water partition coefficient (Wildman–Crippen LogP) is -0.287. The molecule has 2 saturated heterocycles. The summed E-state index contributed by atoms with van der Waals surface area (Å²) in [6.45, 7) is 8.21. The summed E-state index contributed by atoms with van der Waals surface area (Å²) in [5, 5.41) is 0. The van der Waals surface area contributed by atoms with Gasteiger partial charge < -0.3 is 18.9 Å². The molecule has 2 aliphatic heterocycles. The minimum absolute atomic E-state index is 0.159. The summed E-state index contributed by atoms with van der Waals surface area (Å²) >= 11 is 0. The second kappa shape index (κ2) is 6.07. The molecule has 0 saturated carbocycles. The molecule has 0 amide bonds. The molecule has 2 unspecified atom stereocenters. The van der Waals surface area contributed by atoms with Crippen molar-refractivity contribution in [1.29, 1.82) is 0 Å². The van der Waals surface area contributed by atoms with Crippen molar-refractivity contribution in [2.75, 3.05) is 26.3 Å². The largest absolute Gasteiger partial charge is 0.348 e. The molecule has 2 N–H and O–H groups in total. The fourth-order valence-electron chi connectivity index (χ4n) is 2.18. The van der Waals surface area contributed by atoms with Crippen LogP contribution in [0.5, 0.6) is 0 Å². The van der Waals surface area contributed by atoms with Crippen LogP contribution >= 0.6 is 0 Å². The van der Waals surface area contributed by atoms with Gasteiger partial charge in [0.2, 0.25) is 0 Å². The maximum atomic E-state index is 11.9. The molecule has 8 nitrogen and oxygen atoms in total. The van der Waals surface area contributed by atoms with E-state index in [1.54, 1.807) is 27.7 Å². The van der Waals surface area contributed by atoms with Crippen LogP contribution in [-0.4, -0.2) is 58.5 Å². The van der Waals surface area contributed by atoms with Crippen molar-refractivity contribution in [3.63, 3.8) is 0 Å². The van der Waals surface area contributed by atoms with Gasteiger partial charge >= 0.3 is 0 Å². The lowest BCUT2D eigenvalue weighted by atomic mass is 10.4. The predicted molar refractivity (Wildman–Crippen MR) is 74.7 cm³/mol. The molecule has 2 aliphatic rings. The highest BCUT2D eigenvalue weighted by molar-refractivity contribution is 7.87. The number of nitrogens with one attached hydrogen (secondary N) is 2. The Labute approximate surface area is 125 Å². The molecule has 0 aliphatic carbocycles. The van der Waals surface area contributed by atoms with Gasteiger partial charge in [-0.05, 0) is 27.7 Å². The molecule has 2 rings (SSSR count). The van der Waals surface area contributed by atoms with Gasteiger partial charge in [0.25, 0.3) is 10.2 Å². The van der Waals surface area contributed by atoms with Gasteiger partial charge in [-0.15, -0.1) is 0 Å². The topological polar surface area (TPSA) is 95.1 Å². The van der Waals surface area contributed by atoms with Crippen LogP contribution in [0.15, 0.2) is 0 Å². The highest BCUT2D eigenvalue weighted by atomic mass is 32.2. The monoisotopic (exact) mass is 324 g/mol. The summed E-state index contributed by atoms with van der Waals surface area (Å²) in [7, 11) is -3.60. The van der Waals surface area contributed by atoms with E-state index in [2.05, 4.69) is 9.44 Å². The summed E-state index contributed by atoms with van der Waals surface area (Å²) in [5.41, 5.74) is 0. The van der Waals surface area contributed by atoms with Crippen LogP contribution in [0.1, 0.15) is 27.7 Å². The Hall–Kier alpha value is -0.290. The second-order valence-corrected chi connectivity index (χ2v) is 7.69. The van der Waals surface area contributed by atoms with Gasteiger partial charge in [-0.25, -0.2) is 0 Å². The first-order chi connectivity index (χ1) is 9.57. The van der Waals surface area contributed by atoms with Crippen LogP contribution in [-0.2, 0) is 29.2 Å². The molecule has 124 valence electrons. The van der Waals surface area contributed by atoms with E-state index >= 15 is 0 Å². The Bertz CT molecular complexity index is 428. The molecule has 0 bridgehead atoms. The van der Waals surface area contributed by atoms with E-state index in [1.807, 2.05) is 0 Å². The number of hydrogen-bond acceptors (Lipinski definition) is 6. The first-order valence-electron chi connectivity index (χ1n) is 6.95. The number of rotatable bonds is 6. The maximum absolute atomic E-state index is 11.9. The van der Waals surface area contributed by atoms with E-state index < -0.39 is 21.8 Å². The first-order valence-corrected chi connectivity index (χ1v) is 8.43. The highest BCUT2D eigenvalue weighted by Crippen LogP contribution is 2.22. The zero-order valence-electron chi connectivity index (χ0n) is 12.8. The third kappa shape index (κ3) is 5.44. The minimum atomic E-state index is -3.60.